The molecule has 3 fully saturated rings. The van der Waals surface area contributed by atoms with Gasteiger partial charge in [-0.1, -0.05) is 37.3 Å². The third-order valence-electron chi connectivity index (χ3n) is 11.1. The monoisotopic (exact) mass is 778 g/mol. The van der Waals surface area contributed by atoms with Crippen molar-refractivity contribution >= 4 is 46.8 Å². The number of likely N-dealkylation sites (N-methyl/N-ethyl adjacent to an activating group) is 2. The molecule has 6 amide bonds. The number of nitrogens with one attached hydrogen (secondary N) is 3. The minimum Gasteiger partial charge on any atom is -0.343 e. The molecule has 5 rings (SSSR count). The molecule has 0 spiro atoms. The first-order chi connectivity index (χ1) is 26.5. The number of unbranched alkanes of at least 4 members (excludes halogenated alkanes) is 1. The summed E-state index contributed by atoms with van der Waals surface area (Å²) in [6.45, 7) is 7.60. The summed E-state index contributed by atoms with van der Waals surface area (Å²) < 4.78 is 0. The van der Waals surface area contributed by atoms with Crippen LogP contribution in [0.1, 0.15) is 96.0 Å². The molecule has 0 radical (unpaired) electrons. The van der Waals surface area contributed by atoms with Crippen molar-refractivity contribution in [1.29, 1.82) is 0 Å². The highest BCUT2D eigenvalue weighted by Gasteiger charge is 2.44. The summed E-state index contributed by atoms with van der Waals surface area (Å²) in [5.41, 5.74) is 1.07. The van der Waals surface area contributed by atoms with Crippen molar-refractivity contribution < 1.29 is 28.8 Å². The first-order valence-corrected chi connectivity index (χ1v) is 20.8. The fraction of sp³-hybridized carbons (Fsp3) is 0.625. The van der Waals surface area contributed by atoms with E-state index >= 15 is 0 Å². The molecule has 5 atom stereocenters. The van der Waals surface area contributed by atoms with Gasteiger partial charge in [0, 0.05) is 70.8 Å². The maximum absolute atomic E-state index is 14.4. The molecule has 0 aliphatic carbocycles. The third-order valence-corrected chi connectivity index (χ3v) is 12.2. The Bertz CT molecular complexity index is 1650. The maximum Gasteiger partial charge on any atom is 0.247 e. The van der Waals surface area contributed by atoms with E-state index in [1.807, 2.05) is 48.4 Å². The van der Waals surface area contributed by atoms with E-state index in [4.69, 9.17) is 4.98 Å². The van der Waals surface area contributed by atoms with Gasteiger partial charge in [-0.05, 0) is 71.4 Å². The van der Waals surface area contributed by atoms with Gasteiger partial charge < -0.3 is 35.6 Å². The Morgan fingerprint density at radius 2 is 1.69 bits per heavy atom. The highest BCUT2D eigenvalue weighted by Crippen LogP contribution is 2.41. The van der Waals surface area contributed by atoms with Crippen molar-refractivity contribution in [2.24, 2.45) is 0 Å². The Labute approximate surface area is 328 Å². The van der Waals surface area contributed by atoms with Crippen molar-refractivity contribution in [3.63, 3.8) is 0 Å². The van der Waals surface area contributed by atoms with Crippen LogP contribution in [0.4, 0.5) is 0 Å². The molecule has 3 N–H and O–H groups in total. The molecule has 0 bridgehead atoms. The molecule has 3 aliphatic rings. The van der Waals surface area contributed by atoms with Crippen LogP contribution in [-0.4, -0.2) is 131 Å². The first-order valence-electron chi connectivity index (χ1n) is 20.0. The lowest BCUT2D eigenvalue weighted by Crippen LogP contribution is -2.60. The van der Waals surface area contributed by atoms with Crippen molar-refractivity contribution in [2.45, 2.75) is 115 Å². The minimum atomic E-state index is -0.923. The number of benzene rings is 1. The summed E-state index contributed by atoms with van der Waals surface area (Å²) in [5, 5.41) is 9.55. The normalized spacial score (nSPS) is 21.0. The van der Waals surface area contributed by atoms with Crippen LogP contribution in [0.2, 0.25) is 0 Å². The summed E-state index contributed by atoms with van der Waals surface area (Å²) >= 11 is 1.58. The number of rotatable bonds is 16. The van der Waals surface area contributed by atoms with Crippen molar-refractivity contribution in [3.8, 4) is 10.4 Å². The molecule has 55 heavy (non-hydrogen) atoms. The number of hydrogen-bond donors (Lipinski definition) is 3. The molecule has 300 valence electrons. The highest BCUT2D eigenvalue weighted by atomic mass is 32.1. The van der Waals surface area contributed by atoms with Crippen LogP contribution in [0.15, 0.2) is 36.5 Å². The average Bonchev–Trinajstić information content (AvgIpc) is 4.00. The quantitative estimate of drug-likeness (QED) is 0.219. The molecule has 0 saturated carbocycles. The van der Waals surface area contributed by atoms with E-state index in [-0.39, 0.29) is 79.9 Å². The van der Waals surface area contributed by atoms with Crippen molar-refractivity contribution in [2.75, 3.05) is 46.3 Å². The number of carbonyl (C=O) groups excluding carboxylic acids is 6. The molecule has 14 nitrogen and oxygen atoms in total. The van der Waals surface area contributed by atoms with Gasteiger partial charge in [0.05, 0.1) is 17.0 Å². The van der Waals surface area contributed by atoms with Crippen LogP contribution in [0.3, 0.4) is 0 Å². The van der Waals surface area contributed by atoms with Gasteiger partial charge in [-0.15, -0.1) is 11.3 Å². The van der Waals surface area contributed by atoms with Gasteiger partial charge in [0.25, 0.3) is 0 Å². The van der Waals surface area contributed by atoms with Gasteiger partial charge >= 0.3 is 0 Å². The molecule has 1 aromatic carbocycles. The SMILES string of the molecule is CCC(=O)N[C@@H](CN(CC)C(=O)CCCCC(=O)N1CCC2CCC(c3ncc(-c4ccccc4)s3)N2C(=O)C(NC(=O)C(C)NC)C1)C(=O)N1CCCC1. The fourth-order valence-electron chi connectivity index (χ4n) is 7.69. The zero-order chi connectivity index (χ0) is 39.5. The highest BCUT2D eigenvalue weighted by molar-refractivity contribution is 7.15. The average molecular weight is 779 g/mol. The molecule has 4 unspecified atom stereocenters. The van der Waals surface area contributed by atoms with E-state index in [2.05, 4.69) is 16.0 Å². The van der Waals surface area contributed by atoms with E-state index in [0.29, 0.717) is 45.4 Å². The Morgan fingerprint density at radius 1 is 0.964 bits per heavy atom. The number of amides is 6. The zero-order valence-electron chi connectivity index (χ0n) is 32.8. The summed E-state index contributed by atoms with van der Waals surface area (Å²) in [6.07, 6.45) is 7.44. The van der Waals surface area contributed by atoms with Crippen LogP contribution in [0, 0.1) is 0 Å². The standard InChI is InChI=1S/C40H58N8O6S/c1-5-34(49)43-30(39(53)46-21-12-13-22-46)25-45(6-2)35(50)16-10-11-17-36(51)47-23-20-29-18-19-32(38-42-24-33(55-38)28-14-8-7-9-15-28)48(29)40(54)31(26-47)44-37(52)27(3)41-4/h7-9,14-15,24,27,29-32,41H,5-6,10-13,16-23,25-26H2,1-4H3,(H,43,49)(H,44,52)/t27?,29?,30-,31?,32?/m0/s1. The second-order valence-electron chi connectivity index (χ2n) is 14.8. The number of thiazole rings is 1. The van der Waals surface area contributed by atoms with Gasteiger partial charge in [0.2, 0.25) is 35.4 Å². The fourth-order valence-corrected chi connectivity index (χ4v) is 8.75. The van der Waals surface area contributed by atoms with Crippen molar-refractivity contribution in [3.05, 3.63) is 41.5 Å². The van der Waals surface area contributed by atoms with Crippen molar-refractivity contribution in [1.82, 2.24) is 40.5 Å². The van der Waals surface area contributed by atoms with Crippen LogP contribution in [0.5, 0.6) is 0 Å². The van der Waals surface area contributed by atoms with Crippen LogP contribution < -0.4 is 16.0 Å². The second-order valence-corrected chi connectivity index (χ2v) is 15.8. The zero-order valence-corrected chi connectivity index (χ0v) is 33.6. The lowest BCUT2D eigenvalue weighted by atomic mass is 10.1. The lowest BCUT2D eigenvalue weighted by molar-refractivity contribution is -0.144. The van der Waals surface area contributed by atoms with E-state index < -0.39 is 18.1 Å². The van der Waals surface area contributed by atoms with E-state index in [1.54, 1.807) is 46.9 Å². The van der Waals surface area contributed by atoms with Gasteiger partial charge in [-0.2, -0.15) is 0 Å². The summed E-state index contributed by atoms with van der Waals surface area (Å²) in [4.78, 5) is 92.8. The van der Waals surface area contributed by atoms with Gasteiger partial charge in [0.1, 0.15) is 17.1 Å². The molecule has 4 heterocycles. The Hall–Kier alpha value is -4.37. The Balaban J connectivity index is 1.20. The predicted octanol–water partition coefficient (Wildman–Crippen LogP) is 3.09. The van der Waals surface area contributed by atoms with Gasteiger partial charge in [-0.25, -0.2) is 4.98 Å². The van der Waals surface area contributed by atoms with Crippen LogP contribution >= 0.6 is 11.3 Å². The number of likely N-dealkylation sites (tertiary alicyclic amines) is 1. The minimum absolute atomic E-state index is 0.0569. The lowest BCUT2D eigenvalue weighted by Gasteiger charge is -2.39. The molecule has 3 saturated heterocycles. The predicted molar refractivity (Wildman–Crippen MR) is 211 cm³/mol. The number of aromatic nitrogens is 1. The first kappa shape index (κ1) is 41.8. The molecular weight excluding hydrogens is 721 g/mol. The topological polar surface area (TPSA) is 164 Å². The maximum atomic E-state index is 14.4. The van der Waals surface area contributed by atoms with E-state index in [9.17, 15) is 28.8 Å². The molecule has 2 aromatic rings. The molecule has 1 aromatic heterocycles. The second kappa shape index (κ2) is 20.0. The van der Waals surface area contributed by atoms with E-state index in [0.717, 1.165) is 41.1 Å². The van der Waals surface area contributed by atoms with Crippen LogP contribution in [0.25, 0.3) is 10.4 Å². The van der Waals surface area contributed by atoms with Gasteiger partial charge in [-0.3, -0.25) is 28.8 Å². The summed E-state index contributed by atoms with van der Waals surface area (Å²) in [5.74, 6) is -1.18. The Kier molecular flexibility index (Phi) is 15.2. The smallest absolute Gasteiger partial charge is 0.247 e. The number of hydrogen-bond acceptors (Lipinski definition) is 9. The summed E-state index contributed by atoms with van der Waals surface area (Å²) in [6, 6.07) is 7.48. The largest absolute Gasteiger partial charge is 0.343 e. The molecule has 3 aliphatic heterocycles. The van der Waals surface area contributed by atoms with E-state index in [1.165, 1.54) is 0 Å². The number of fused-ring (bicyclic) bond motifs is 1. The Morgan fingerprint density at radius 3 is 2.38 bits per heavy atom. The number of nitrogens with zero attached hydrogens (tertiary/aromatic N) is 5. The summed E-state index contributed by atoms with van der Waals surface area (Å²) in [7, 11) is 1.68. The third kappa shape index (κ3) is 10.7. The molecule has 15 heteroatoms. The molecular formula is C40H58N8O6S. The van der Waals surface area contributed by atoms with Crippen LogP contribution in [-0.2, 0) is 28.8 Å². The number of carbonyl (C=O) groups is 6. The van der Waals surface area contributed by atoms with Gasteiger partial charge in [0.15, 0.2) is 0 Å².